The summed E-state index contributed by atoms with van der Waals surface area (Å²) in [5.41, 5.74) is 3.42. The van der Waals surface area contributed by atoms with Crippen LogP contribution in [0.2, 0.25) is 0 Å². The van der Waals surface area contributed by atoms with Crippen LogP contribution in [0, 0.1) is 0 Å². The number of rotatable bonds is 3. The molecule has 0 spiro atoms. The molecule has 0 saturated carbocycles. The Labute approximate surface area is 133 Å². The summed E-state index contributed by atoms with van der Waals surface area (Å²) < 4.78 is 1.01. The maximum Gasteiger partial charge on any atom is 0.0702 e. The van der Waals surface area contributed by atoms with Gasteiger partial charge in [0.05, 0.1) is 6.61 Å². The van der Waals surface area contributed by atoms with E-state index in [2.05, 4.69) is 62.1 Å². The van der Waals surface area contributed by atoms with Gasteiger partial charge in [-0.25, -0.2) is 0 Å². The fourth-order valence-corrected chi connectivity index (χ4v) is 3.24. The molecule has 1 saturated heterocycles. The minimum absolute atomic E-state index is 0.0771. The minimum Gasteiger partial charge on any atom is -0.392 e. The fourth-order valence-electron chi connectivity index (χ4n) is 2.83. The predicted octanol–water partition coefficient (Wildman–Crippen LogP) is 3.27. The van der Waals surface area contributed by atoms with Crippen molar-refractivity contribution in [3.63, 3.8) is 0 Å². The molecule has 0 radical (unpaired) electrons. The van der Waals surface area contributed by atoms with Crippen LogP contribution in [0.3, 0.4) is 0 Å². The SMILES string of the molecule is OCc1cc(Br)ccc1N1CCN(c2ccccc2)CC1. The molecule has 110 valence electrons. The van der Waals surface area contributed by atoms with E-state index in [0.717, 1.165) is 41.9 Å². The van der Waals surface area contributed by atoms with Crippen LogP contribution < -0.4 is 9.80 Å². The third-order valence-corrected chi connectivity index (χ3v) is 4.45. The molecule has 2 aromatic carbocycles. The van der Waals surface area contributed by atoms with Gasteiger partial charge in [-0.15, -0.1) is 0 Å². The zero-order chi connectivity index (χ0) is 14.7. The first kappa shape index (κ1) is 14.4. The monoisotopic (exact) mass is 346 g/mol. The van der Waals surface area contributed by atoms with Crippen LogP contribution in [0.5, 0.6) is 0 Å². The number of halogens is 1. The van der Waals surface area contributed by atoms with Crippen LogP contribution in [0.4, 0.5) is 11.4 Å². The Morgan fingerprint density at radius 1 is 0.905 bits per heavy atom. The van der Waals surface area contributed by atoms with Crippen molar-refractivity contribution < 1.29 is 5.11 Å². The van der Waals surface area contributed by atoms with Crippen LogP contribution in [0.1, 0.15) is 5.56 Å². The van der Waals surface area contributed by atoms with Gasteiger partial charge in [-0.05, 0) is 30.3 Å². The molecule has 2 aromatic rings. The van der Waals surface area contributed by atoms with Crippen LogP contribution in [0.25, 0.3) is 0 Å². The predicted molar refractivity (Wildman–Crippen MR) is 90.9 cm³/mol. The standard InChI is InChI=1S/C17H19BrN2O/c18-15-6-7-17(14(12-15)13-21)20-10-8-19(9-11-20)16-4-2-1-3-5-16/h1-7,12,21H,8-11,13H2. The molecule has 3 nitrogen and oxygen atoms in total. The van der Waals surface area contributed by atoms with E-state index >= 15 is 0 Å². The van der Waals surface area contributed by atoms with Gasteiger partial charge in [0.2, 0.25) is 0 Å². The Kier molecular flexibility index (Phi) is 4.46. The van der Waals surface area contributed by atoms with Crippen molar-refractivity contribution >= 4 is 27.3 Å². The highest BCUT2D eigenvalue weighted by molar-refractivity contribution is 9.10. The first-order valence-electron chi connectivity index (χ1n) is 7.22. The number of aliphatic hydroxyl groups is 1. The van der Waals surface area contributed by atoms with Gasteiger partial charge in [-0.3, -0.25) is 0 Å². The van der Waals surface area contributed by atoms with Crippen molar-refractivity contribution in [3.05, 3.63) is 58.6 Å². The summed E-state index contributed by atoms with van der Waals surface area (Å²) in [6.45, 7) is 4.04. The molecule has 4 heteroatoms. The van der Waals surface area contributed by atoms with Crippen LogP contribution in [0.15, 0.2) is 53.0 Å². The molecule has 0 bridgehead atoms. The zero-order valence-electron chi connectivity index (χ0n) is 11.9. The Bertz CT molecular complexity index is 595. The average Bonchev–Trinajstić information content (AvgIpc) is 2.56. The normalized spacial score (nSPS) is 15.3. The van der Waals surface area contributed by atoms with Gasteiger partial charge in [0.15, 0.2) is 0 Å². The van der Waals surface area contributed by atoms with E-state index in [-0.39, 0.29) is 6.61 Å². The Morgan fingerprint density at radius 2 is 1.57 bits per heavy atom. The second-order valence-corrected chi connectivity index (χ2v) is 6.16. The van der Waals surface area contributed by atoms with Gasteiger partial charge in [0.25, 0.3) is 0 Å². The summed E-state index contributed by atoms with van der Waals surface area (Å²) in [5.74, 6) is 0. The van der Waals surface area contributed by atoms with E-state index in [4.69, 9.17) is 0 Å². The number of anilines is 2. The zero-order valence-corrected chi connectivity index (χ0v) is 13.5. The lowest BCUT2D eigenvalue weighted by atomic mass is 10.1. The van der Waals surface area contributed by atoms with E-state index in [9.17, 15) is 5.11 Å². The third-order valence-electron chi connectivity index (χ3n) is 3.95. The van der Waals surface area contributed by atoms with Gasteiger partial charge in [0.1, 0.15) is 0 Å². The van der Waals surface area contributed by atoms with E-state index < -0.39 is 0 Å². The van der Waals surface area contributed by atoms with Crippen molar-refractivity contribution in [1.29, 1.82) is 0 Å². The smallest absolute Gasteiger partial charge is 0.0702 e. The number of benzene rings is 2. The largest absolute Gasteiger partial charge is 0.392 e. The maximum atomic E-state index is 9.55. The highest BCUT2D eigenvalue weighted by atomic mass is 79.9. The second-order valence-electron chi connectivity index (χ2n) is 5.24. The maximum absolute atomic E-state index is 9.55. The Morgan fingerprint density at radius 3 is 2.24 bits per heavy atom. The molecule has 21 heavy (non-hydrogen) atoms. The molecule has 1 aliphatic heterocycles. The molecule has 3 rings (SSSR count). The number of para-hydroxylation sites is 1. The van der Waals surface area contributed by atoms with E-state index in [1.165, 1.54) is 5.69 Å². The Hall–Kier alpha value is -1.52. The lowest BCUT2D eigenvalue weighted by molar-refractivity contribution is 0.282. The summed E-state index contributed by atoms with van der Waals surface area (Å²) in [4.78, 5) is 4.77. The van der Waals surface area contributed by atoms with Crippen molar-refractivity contribution in [2.45, 2.75) is 6.61 Å². The van der Waals surface area contributed by atoms with Crippen molar-refractivity contribution in [2.24, 2.45) is 0 Å². The molecular formula is C17H19BrN2O. The lowest BCUT2D eigenvalue weighted by Gasteiger charge is -2.38. The first-order chi connectivity index (χ1) is 10.3. The van der Waals surface area contributed by atoms with Crippen molar-refractivity contribution in [3.8, 4) is 0 Å². The number of nitrogens with zero attached hydrogens (tertiary/aromatic N) is 2. The topological polar surface area (TPSA) is 26.7 Å². The van der Waals surface area contributed by atoms with Gasteiger partial charge >= 0.3 is 0 Å². The summed E-state index contributed by atoms with van der Waals surface area (Å²) >= 11 is 3.46. The third kappa shape index (κ3) is 3.22. The van der Waals surface area contributed by atoms with Crippen LogP contribution >= 0.6 is 15.9 Å². The molecule has 0 amide bonds. The molecule has 1 N–H and O–H groups in total. The van der Waals surface area contributed by atoms with E-state index in [1.54, 1.807) is 0 Å². The molecule has 0 aliphatic carbocycles. The molecule has 0 aromatic heterocycles. The summed E-state index contributed by atoms with van der Waals surface area (Å²) in [6.07, 6.45) is 0. The van der Waals surface area contributed by atoms with Gasteiger partial charge in [0, 0.05) is 47.6 Å². The molecule has 0 unspecified atom stereocenters. The van der Waals surface area contributed by atoms with Crippen LogP contribution in [-0.2, 0) is 6.61 Å². The molecule has 0 atom stereocenters. The fraction of sp³-hybridized carbons (Fsp3) is 0.294. The quantitative estimate of drug-likeness (QED) is 0.923. The van der Waals surface area contributed by atoms with Gasteiger partial charge in [-0.2, -0.15) is 0 Å². The second kappa shape index (κ2) is 6.50. The van der Waals surface area contributed by atoms with E-state index in [1.807, 2.05) is 12.1 Å². The Balaban J connectivity index is 1.71. The van der Waals surface area contributed by atoms with Gasteiger partial charge in [-0.1, -0.05) is 34.1 Å². The molecule has 1 fully saturated rings. The highest BCUT2D eigenvalue weighted by Crippen LogP contribution is 2.26. The number of piperazine rings is 1. The minimum atomic E-state index is 0.0771. The molecular weight excluding hydrogens is 328 g/mol. The van der Waals surface area contributed by atoms with Crippen molar-refractivity contribution in [2.75, 3.05) is 36.0 Å². The number of aliphatic hydroxyl groups excluding tert-OH is 1. The molecule has 1 heterocycles. The first-order valence-corrected chi connectivity index (χ1v) is 8.01. The number of hydrogen-bond acceptors (Lipinski definition) is 3. The van der Waals surface area contributed by atoms with Crippen molar-refractivity contribution in [1.82, 2.24) is 0 Å². The summed E-state index contributed by atoms with van der Waals surface area (Å²) in [5, 5.41) is 9.55. The molecule has 1 aliphatic rings. The van der Waals surface area contributed by atoms with Gasteiger partial charge < -0.3 is 14.9 Å². The van der Waals surface area contributed by atoms with Crippen LogP contribution in [-0.4, -0.2) is 31.3 Å². The highest BCUT2D eigenvalue weighted by Gasteiger charge is 2.19. The lowest BCUT2D eigenvalue weighted by Crippen LogP contribution is -2.46. The summed E-state index contributed by atoms with van der Waals surface area (Å²) in [7, 11) is 0. The number of hydrogen-bond donors (Lipinski definition) is 1. The summed E-state index contributed by atoms with van der Waals surface area (Å²) in [6, 6.07) is 16.7. The van der Waals surface area contributed by atoms with E-state index in [0.29, 0.717) is 0 Å². The average molecular weight is 347 g/mol.